The van der Waals surface area contributed by atoms with Crippen molar-refractivity contribution in [1.29, 1.82) is 0 Å². The van der Waals surface area contributed by atoms with Gasteiger partial charge in [-0.25, -0.2) is 13.2 Å². The summed E-state index contributed by atoms with van der Waals surface area (Å²) in [5, 5.41) is 0. The largest absolute Gasteiger partial charge is 0.374 e. The van der Waals surface area contributed by atoms with Crippen molar-refractivity contribution in [2.24, 2.45) is 0 Å². The Labute approximate surface area is 206 Å². The second-order valence-electron chi connectivity index (χ2n) is 9.35. The molecule has 1 heterocycles. The molecule has 0 N–H and O–H groups in total. The van der Waals surface area contributed by atoms with E-state index < -0.39 is 11.6 Å². The molecule has 0 spiro atoms. The quantitative estimate of drug-likeness (QED) is 0.232. The van der Waals surface area contributed by atoms with Crippen LogP contribution in [0, 0.1) is 17.5 Å². The summed E-state index contributed by atoms with van der Waals surface area (Å²) in [6, 6.07) is 15.6. The van der Waals surface area contributed by atoms with E-state index in [0.717, 1.165) is 37.7 Å². The van der Waals surface area contributed by atoms with Crippen molar-refractivity contribution >= 4 is 0 Å². The number of aryl methyl sites for hydroxylation is 1. The summed E-state index contributed by atoms with van der Waals surface area (Å²) >= 11 is 0. The highest BCUT2D eigenvalue weighted by atomic mass is 19.2. The Kier molecular flexibility index (Phi) is 8.46. The first-order chi connectivity index (χ1) is 17.0. The lowest BCUT2D eigenvalue weighted by atomic mass is 9.89. The van der Waals surface area contributed by atoms with Crippen LogP contribution in [0.25, 0.3) is 22.3 Å². The lowest BCUT2D eigenvalue weighted by molar-refractivity contribution is 0.0326. The molecule has 4 heteroatoms. The van der Waals surface area contributed by atoms with Gasteiger partial charge in [-0.2, -0.15) is 0 Å². The van der Waals surface area contributed by atoms with Gasteiger partial charge in [0.05, 0.1) is 12.7 Å². The van der Waals surface area contributed by atoms with Gasteiger partial charge in [0.15, 0.2) is 11.6 Å². The molecule has 0 radical (unpaired) electrons. The highest BCUT2D eigenvalue weighted by molar-refractivity contribution is 5.71. The van der Waals surface area contributed by atoms with Gasteiger partial charge in [0.1, 0.15) is 5.82 Å². The maximum Gasteiger partial charge on any atom is 0.166 e. The SMILES string of the molecule is CC=CC1CCC(c2ccc(-c3ccc(-c4ccc(CCCCC)c(F)c4F)cc3)c(F)c2)CO1. The first kappa shape index (κ1) is 25.2. The van der Waals surface area contributed by atoms with Crippen LogP contribution in [0.15, 0.2) is 66.7 Å². The number of allylic oxidation sites excluding steroid dienone is 1. The molecule has 0 amide bonds. The molecular weight excluding hydrogens is 445 g/mol. The van der Waals surface area contributed by atoms with E-state index in [1.54, 1.807) is 48.5 Å². The summed E-state index contributed by atoms with van der Waals surface area (Å²) in [4.78, 5) is 0. The Balaban J connectivity index is 1.49. The normalized spacial score (nSPS) is 18.3. The number of unbranched alkanes of at least 4 members (excludes halogenated alkanes) is 2. The summed E-state index contributed by atoms with van der Waals surface area (Å²) in [7, 11) is 0. The molecule has 184 valence electrons. The number of benzene rings is 3. The Bertz CT molecular complexity index is 1160. The van der Waals surface area contributed by atoms with E-state index in [1.165, 1.54) is 0 Å². The van der Waals surface area contributed by atoms with Gasteiger partial charge in [-0.1, -0.05) is 80.4 Å². The smallest absolute Gasteiger partial charge is 0.166 e. The van der Waals surface area contributed by atoms with Crippen LogP contribution in [0.2, 0.25) is 0 Å². The summed E-state index contributed by atoms with van der Waals surface area (Å²) < 4.78 is 50.3. The minimum absolute atomic E-state index is 0.148. The summed E-state index contributed by atoms with van der Waals surface area (Å²) in [6.07, 6.45) is 9.50. The second kappa shape index (κ2) is 11.7. The van der Waals surface area contributed by atoms with Gasteiger partial charge in [0, 0.05) is 17.0 Å². The third kappa shape index (κ3) is 5.87. The van der Waals surface area contributed by atoms with E-state index in [1.807, 2.05) is 19.1 Å². The fourth-order valence-corrected chi connectivity index (χ4v) is 4.82. The minimum atomic E-state index is -0.825. The van der Waals surface area contributed by atoms with Crippen LogP contribution in [0.1, 0.15) is 63.0 Å². The average Bonchev–Trinajstić information content (AvgIpc) is 2.88. The Hall–Kier alpha value is -2.85. The molecule has 0 bridgehead atoms. The first-order valence-electron chi connectivity index (χ1n) is 12.6. The highest BCUT2D eigenvalue weighted by Crippen LogP contribution is 2.33. The van der Waals surface area contributed by atoms with E-state index in [4.69, 9.17) is 4.74 Å². The predicted octanol–water partition coefficient (Wildman–Crippen LogP) is 9.01. The van der Waals surface area contributed by atoms with Crippen molar-refractivity contribution in [1.82, 2.24) is 0 Å². The predicted molar refractivity (Wildman–Crippen MR) is 137 cm³/mol. The van der Waals surface area contributed by atoms with Crippen molar-refractivity contribution in [3.8, 4) is 22.3 Å². The van der Waals surface area contributed by atoms with Gasteiger partial charge in [0.25, 0.3) is 0 Å². The van der Waals surface area contributed by atoms with Gasteiger partial charge in [-0.05, 0) is 60.9 Å². The van der Waals surface area contributed by atoms with Gasteiger partial charge < -0.3 is 4.74 Å². The molecule has 1 nitrogen and oxygen atoms in total. The Morgan fingerprint density at radius 2 is 1.57 bits per heavy atom. The molecule has 2 unspecified atom stereocenters. The fourth-order valence-electron chi connectivity index (χ4n) is 4.82. The number of halogens is 3. The van der Waals surface area contributed by atoms with E-state index in [0.29, 0.717) is 35.3 Å². The van der Waals surface area contributed by atoms with Crippen LogP contribution in [-0.2, 0) is 11.2 Å². The second-order valence-corrected chi connectivity index (χ2v) is 9.35. The van der Waals surface area contributed by atoms with Gasteiger partial charge >= 0.3 is 0 Å². The van der Waals surface area contributed by atoms with Crippen molar-refractivity contribution in [3.05, 3.63) is 95.3 Å². The maximum atomic E-state index is 15.0. The van der Waals surface area contributed by atoms with Gasteiger partial charge in [0.2, 0.25) is 0 Å². The molecule has 1 aliphatic rings. The molecular formula is C31H33F3O. The molecule has 1 fully saturated rings. The minimum Gasteiger partial charge on any atom is -0.374 e. The molecule has 0 aromatic heterocycles. The zero-order chi connectivity index (χ0) is 24.8. The van der Waals surface area contributed by atoms with Crippen LogP contribution >= 0.6 is 0 Å². The topological polar surface area (TPSA) is 9.23 Å². The van der Waals surface area contributed by atoms with E-state index in [-0.39, 0.29) is 23.4 Å². The zero-order valence-electron chi connectivity index (χ0n) is 20.5. The molecule has 3 aromatic rings. The molecule has 3 aromatic carbocycles. The van der Waals surface area contributed by atoms with Crippen LogP contribution in [0.4, 0.5) is 13.2 Å². The molecule has 1 aliphatic heterocycles. The first-order valence-corrected chi connectivity index (χ1v) is 12.6. The van der Waals surface area contributed by atoms with Gasteiger partial charge in [-0.15, -0.1) is 0 Å². The Morgan fingerprint density at radius 1 is 0.857 bits per heavy atom. The van der Waals surface area contributed by atoms with E-state index in [2.05, 4.69) is 13.0 Å². The van der Waals surface area contributed by atoms with Crippen molar-refractivity contribution < 1.29 is 17.9 Å². The molecule has 35 heavy (non-hydrogen) atoms. The standard InChI is InChI=1S/C31H33F3O/c1-3-5-6-8-23-14-18-28(31(34)30(23)33)22-11-9-21(10-12-22)27-17-15-24(19-29(27)32)25-13-16-26(7-4-2)35-20-25/h4,7,9-12,14-15,17-19,25-26H,3,5-6,8,13,16,20H2,1-2H3. The lowest BCUT2D eigenvalue weighted by Gasteiger charge is -2.28. The summed E-state index contributed by atoms with van der Waals surface area (Å²) in [5.41, 5.74) is 3.33. The Morgan fingerprint density at radius 3 is 2.20 bits per heavy atom. The third-order valence-electron chi connectivity index (χ3n) is 6.90. The number of hydrogen-bond acceptors (Lipinski definition) is 1. The molecule has 0 saturated carbocycles. The van der Waals surface area contributed by atoms with Crippen LogP contribution in [-0.4, -0.2) is 12.7 Å². The molecule has 2 atom stereocenters. The maximum absolute atomic E-state index is 15.0. The van der Waals surface area contributed by atoms with Crippen LogP contribution in [0.3, 0.4) is 0 Å². The monoisotopic (exact) mass is 478 g/mol. The molecule has 1 saturated heterocycles. The average molecular weight is 479 g/mol. The van der Waals surface area contributed by atoms with Crippen molar-refractivity contribution in [3.63, 3.8) is 0 Å². The molecule has 0 aliphatic carbocycles. The summed E-state index contributed by atoms with van der Waals surface area (Å²) in [6.45, 7) is 4.65. The molecule has 4 rings (SSSR count). The number of rotatable bonds is 8. The lowest BCUT2D eigenvalue weighted by Crippen LogP contribution is -2.23. The van der Waals surface area contributed by atoms with Gasteiger partial charge in [-0.3, -0.25) is 0 Å². The van der Waals surface area contributed by atoms with Crippen molar-refractivity contribution in [2.75, 3.05) is 6.61 Å². The van der Waals surface area contributed by atoms with E-state index in [9.17, 15) is 8.78 Å². The summed E-state index contributed by atoms with van der Waals surface area (Å²) in [5.74, 6) is -1.70. The fraction of sp³-hybridized carbons (Fsp3) is 0.355. The van der Waals surface area contributed by atoms with E-state index >= 15 is 4.39 Å². The third-order valence-corrected chi connectivity index (χ3v) is 6.90. The van der Waals surface area contributed by atoms with Crippen LogP contribution in [0.5, 0.6) is 0 Å². The number of ether oxygens (including phenoxy) is 1. The van der Waals surface area contributed by atoms with Crippen molar-refractivity contribution in [2.45, 2.75) is 64.4 Å². The zero-order valence-corrected chi connectivity index (χ0v) is 20.5. The number of hydrogen-bond donors (Lipinski definition) is 0. The van der Waals surface area contributed by atoms with Crippen LogP contribution < -0.4 is 0 Å². The highest BCUT2D eigenvalue weighted by Gasteiger charge is 2.22.